The van der Waals surface area contributed by atoms with Gasteiger partial charge in [0.15, 0.2) is 0 Å². The fourth-order valence-corrected chi connectivity index (χ4v) is 0.992. The molecule has 45 valence electrons. The van der Waals surface area contributed by atoms with E-state index in [0.717, 1.165) is 8.51 Å². The zero-order valence-corrected chi connectivity index (χ0v) is 7.14. The minimum atomic E-state index is 1.11. The van der Waals surface area contributed by atoms with Crippen molar-refractivity contribution in [2.75, 3.05) is 0 Å². The first-order chi connectivity index (χ1) is 3.80. The van der Waals surface area contributed by atoms with Crippen molar-refractivity contribution in [1.82, 2.24) is 0 Å². The quantitative estimate of drug-likeness (QED) is 0.623. The second-order valence-corrected chi connectivity index (χ2v) is 3.07. The molecule has 0 radical (unpaired) electrons. The summed E-state index contributed by atoms with van der Waals surface area (Å²) in [6.07, 6.45) is 0. The van der Waals surface area contributed by atoms with Crippen LogP contribution in [-0.4, -0.2) is 0 Å². The van der Waals surface area contributed by atoms with Crippen LogP contribution in [0.1, 0.15) is 0 Å². The molecule has 0 nitrogen and oxygen atoms in total. The first kappa shape index (κ1) is 6.48. The molecular weight excluding hydrogens is 258 g/mol. The van der Waals surface area contributed by atoms with Crippen molar-refractivity contribution < 1.29 is 19.2 Å². The van der Waals surface area contributed by atoms with E-state index in [-0.39, 0.29) is 0 Å². The van der Waals surface area contributed by atoms with Crippen molar-refractivity contribution in [3.05, 3.63) is 28.7 Å². The van der Waals surface area contributed by atoms with Gasteiger partial charge in [-0.25, -0.2) is 0 Å². The molecule has 0 aliphatic heterocycles. The summed E-state index contributed by atoms with van der Waals surface area (Å²) in [6.45, 7) is 0. The Labute approximate surface area is 67.8 Å². The van der Waals surface area contributed by atoms with Gasteiger partial charge in [0.1, 0.15) is 0 Å². The Morgan fingerprint density at radius 2 is 1.88 bits per heavy atom. The zero-order valence-electron chi connectivity index (χ0n) is 4.00. The third kappa shape index (κ3) is 1.42. The molecule has 0 atom stereocenters. The number of hydrogen-bond donors (Lipinski definition) is 0. The number of benzene rings is 1. The second kappa shape index (κ2) is 2.78. The average molecular weight is 262 g/mol. The van der Waals surface area contributed by atoms with E-state index in [2.05, 4.69) is 35.1 Å². The van der Waals surface area contributed by atoms with E-state index in [1.54, 1.807) is 0 Å². The van der Waals surface area contributed by atoms with E-state index in [1.165, 1.54) is 0 Å². The van der Waals surface area contributed by atoms with Gasteiger partial charge < -0.3 is 0 Å². The monoisotopic (exact) mass is 261 g/mol. The van der Waals surface area contributed by atoms with Crippen molar-refractivity contribution >= 4 is 20.0 Å². The molecule has 0 saturated heterocycles. The first-order valence-corrected chi connectivity index (χ1v) is 3.74. The summed E-state index contributed by atoms with van der Waals surface area (Å²) < 4.78 is 2.25. The molecule has 1 aromatic carbocycles. The second-order valence-electron chi connectivity index (χ2n) is 1.38. The van der Waals surface area contributed by atoms with E-state index in [1.807, 2.05) is 24.3 Å². The van der Waals surface area contributed by atoms with E-state index < -0.39 is 0 Å². The van der Waals surface area contributed by atoms with Crippen molar-refractivity contribution in [2.45, 2.75) is 0 Å². The molecule has 0 aliphatic carbocycles. The van der Waals surface area contributed by atoms with Gasteiger partial charge in [0.05, 0.1) is 0 Å². The Balaban J connectivity index is 3.13. The molecule has 0 unspecified atom stereocenters. The summed E-state index contributed by atoms with van der Waals surface area (Å²) in [5.74, 6) is 0. The maximum absolute atomic E-state index is 3.36. The number of hydrogen-bond acceptors (Lipinski definition) is 0. The van der Waals surface area contributed by atoms with Gasteiger partial charge in [0.2, 0.25) is 0 Å². The summed E-state index contributed by atoms with van der Waals surface area (Å²) >= 11 is 6.45. The Hall–Kier alpha value is 0.362. The molecule has 0 aliphatic rings. The molecule has 0 saturated carbocycles. The van der Waals surface area contributed by atoms with E-state index in [0.29, 0.717) is 0 Å². The van der Waals surface area contributed by atoms with Gasteiger partial charge in [-0.15, -0.1) is 0 Å². The molecule has 8 heavy (non-hydrogen) atoms. The topological polar surface area (TPSA) is 0 Å². The Morgan fingerprint density at radius 3 is 2.25 bits per heavy atom. The van der Waals surface area contributed by atoms with Gasteiger partial charge in [0, 0.05) is 0 Å². The Kier molecular flexibility index (Phi) is 2.25. The van der Waals surface area contributed by atoms with Crippen LogP contribution in [0.4, 0.5) is 0 Å². The Morgan fingerprint density at radius 1 is 1.25 bits per heavy atom. The van der Waals surface area contributed by atoms with Crippen LogP contribution >= 0.6 is 15.9 Å². The average Bonchev–Trinajstić information content (AvgIpc) is 1.77. The van der Waals surface area contributed by atoms with Crippen LogP contribution in [0.15, 0.2) is 28.7 Å². The summed E-state index contributed by atoms with van der Waals surface area (Å²) in [5.41, 5.74) is 0. The maximum atomic E-state index is 3.36. The van der Waals surface area contributed by atoms with Crippen LogP contribution in [-0.2, 0) is 19.2 Å². The molecule has 1 aromatic rings. The van der Waals surface area contributed by atoms with Crippen LogP contribution in [0.3, 0.4) is 0 Å². The minimum absolute atomic E-state index is 1.11. The van der Waals surface area contributed by atoms with Crippen molar-refractivity contribution in [1.29, 1.82) is 0 Å². The molecule has 0 fully saturated rings. The summed E-state index contributed by atoms with van der Waals surface area (Å²) in [4.78, 5) is 0. The summed E-state index contributed by atoms with van der Waals surface area (Å²) in [6, 6.07) is 7.98. The fraction of sp³-hybridized carbons (Fsp3) is 0. The molecule has 1 rings (SSSR count). The van der Waals surface area contributed by atoms with Gasteiger partial charge >= 0.3 is 67.9 Å². The molecule has 0 spiro atoms. The normalized spacial score (nSPS) is 9.38. The van der Waals surface area contributed by atoms with Gasteiger partial charge in [-0.2, -0.15) is 0 Å². The van der Waals surface area contributed by atoms with E-state index >= 15 is 0 Å². The van der Waals surface area contributed by atoms with Gasteiger partial charge in [0.25, 0.3) is 0 Å². The third-order valence-electron chi connectivity index (χ3n) is 0.799. The SMILES string of the molecule is Brc1cccc[c]1[Pd]. The molecule has 0 N–H and O–H groups in total. The predicted octanol–water partition coefficient (Wildman–Crippen LogP) is 1.62. The molecular formula is C6H4BrPd. The summed E-state index contributed by atoms with van der Waals surface area (Å²) in [7, 11) is 0. The van der Waals surface area contributed by atoms with Crippen molar-refractivity contribution in [3.8, 4) is 0 Å². The molecule has 0 aromatic heterocycles. The van der Waals surface area contributed by atoms with Crippen LogP contribution in [0.2, 0.25) is 0 Å². The predicted molar refractivity (Wildman–Crippen MR) is 33.8 cm³/mol. The number of halogens is 1. The van der Waals surface area contributed by atoms with Crippen LogP contribution in [0.25, 0.3) is 0 Å². The fourth-order valence-electron chi connectivity index (χ4n) is 0.428. The molecule has 0 bridgehead atoms. The van der Waals surface area contributed by atoms with Gasteiger partial charge in [-0.3, -0.25) is 0 Å². The van der Waals surface area contributed by atoms with Gasteiger partial charge in [-0.1, -0.05) is 0 Å². The van der Waals surface area contributed by atoms with Crippen LogP contribution < -0.4 is 4.04 Å². The van der Waals surface area contributed by atoms with Crippen molar-refractivity contribution in [3.63, 3.8) is 0 Å². The van der Waals surface area contributed by atoms with Crippen LogP contribution in [0.5, 0.6) is 0 Å². The van der Waals surface area contributed by atoms with Crippen molar-refractivity contribution in [2.24, 2.45) is 0 Å². The standard InChI is InChI=1S/C6H4Br.Pd/c7-6-4-2-1-3-5-6;/h1-4H;. The van der Waals surface area contributed by atoms with E-state index in [9.17, 15) is 0 Å². The number of rotatable bonds is 0. The third-order valence-corrected chi connectivity index (χ3v) is 2.66. The first-order valence-electron chi connectivity index (χ1n) is 2.17. The zero-order chi connectivity index (χ0) is 5.98. The molecule has 0 heterocycles. The van der Waals surface area contributed by atoms with Gasteiger partial charge in [-0.05, 0) is 0 Å². The Bertz CT molecular complexity index is 165. The summed E-state index contributed by atoms with van der Waals surface area (Å²) in [5, 5.41) is 0. The van der Waals surface area contributed by atoms with E-state index in [4.69, 9.17) is 0 Å². The molecule has 0 amide bonds. The van der Waals surface area contributed by atoms with Crippen LogP contribution in [0, 0.1) is 0 Å². The molecule has 2 heteroatoms.